The summed E-state index contributed by atoms with van der Waals surface area (Å²) in [7, 11) is 1.55. The summed E-state index contributed by atoms with van der Waals surface area (Å²) >= 11 is 0. The summed E-state index contributed by atoms with van der Waals surface area (Å²) in [5.41, 5.74) is 0.344. The summed E-state index contributed by atoms with van der Waals surface area (Å²) in [6.07, 6.45) is 3.83. The fraction of sp³-hybridized carbons (Fsp3) is 0.125. The monoisotopic (exact) mass is 177 g/mol. The summed E-state index contributed by atoms with van der Waals surface area (Å²) < 4.78 is 6.67. The van der Waals surface area contributed by atoms with Crippen LogP contribution < -0.4 is 4.74 Å². The van der Waals surface area contributed by atoms with Gasteiger partial charge in [0.05, 0.1) is 7.11 Å². The van der Waals surface area contributed by atoms with E-state index in [0.29, 0.717) is 23.6 Å². The van der Waals surface area contributed by atoms with Crippen LogP contribution in [0.15, 0.2) is 18.5 Å². The molecule has 2 rings (SSSR count). The van der Waals surface area contributed by atoms with Crippen molar-refractivity contribution in [3.8, 4) is 5.88 Å². The van der Waals surface area contributed by atoms with Crippen LogP contribution in [0.2, 0.25) is 0 Å². The Labute approximate surface area is 74.0 Å². The van der Waals surface area contributed by atoms with Gasteiger partial charge in [-0.2, -0.15) is 0 Å². The molecule has 2 aromatic rings. The van der Waals surface area contributed by atoms with Crippen molar-refractivity contribution in [1.82, 2.24) is 14.4 Å². The van der Waals surface area contributed by atoms with Crippen molar-refractivity contribution >= 4 is 12.1 Å². The van der Waals surface area contributed by atoms with Crippen molar-refractivity contribution < 1.29 is 9.53 Å². The number of rotatable bonds is 2. The van der Waals surface area contributed by atoms with Crippen LogP contribution >= 0.6 is 0 Å². The lowest BCUT2D eigenvalue weighted by Gasteiger charge is -2.00. The number of aldehydes is 1. The Morgan fingerprint density at radius 3 is 3.15 bits per heavy atom. The summed E-state index contributed by atoms with van der Waals surface area (Å²) in [5.74, 6) is 1.06. The van der Waals surface area contributed by atoms with Crippen LogP contribution in [0.25, 0.3) is 5.78 Å². The van der Waals surface area contributed by atoms with Gasteiger partial charge in [-0.15, -0.1) is 0 Å². The highest BCUT2D eigenvalue weighted by molar-refractivity contribution is 5.72. The Balaban J connectivity index is 2.74. The number of ether oxygens (including phenoxy) is 1. The lowest BCUT2D eigenvalue weighted by atomic mass is 10.5. The van der Waals surface area contributed by atoms with Crippen LogP contribution in [0.4, 0.5) is 0 Å². The molecule has 0 saturated heterocycles. The van der Waals surface area contributed by atoms with E-state index in [-0.39, 0.29) is 0 Å². The third-order valence-corrected chi connectivity index (χ3v) is 1.68. The molecule has 0 radical (unpaired) electrons. The molecule has 0 spiro atoms. The second-order valence-corrected chi connectivity index (χ2v) is 2.44. The minimum atomic E-state index is 0.344. The second kappa shape index (κ2) is 2.85. The molecule has 66 valence electrons. The van der Waals surface area contributed by atoms with Gasteiger partial charge in [0.2, 0.25) is 11.7 Å². The van der Waals surface area contributed by atoms with Crippen molar-refractivity contribution in [2.45, 2.75) is 0 Å². The zero-order valence-electron chi connectivity index (χ0n) is 6.97. The molecule has 5 heteroatoms. The normalized spacial score (nSPS) is 10.2. The van der Waals surface area contributed by atoms with Crippen molar-refractivity contribution in [3.05, 3.63) is 24.2 Å². The number of carbonyl (C=O) groups is 1. The molecule has 13 heavy (non-hydrogen) atoms. The summed E-state index contributed by atoms with van der Waals surface area (Å²) in [6.45, 7) is 0. The minimum Gasteiger partial charge on any atom is -0.482 e. The van der Waals surface area contributed by atoms with E-state index in [2.05, 4.69) is 9.97 Å². The molecule has 0 fully saturated rings. The van der Waals surface area contributed by atoms with Gasteiger partial charge in [0, 0.05) is 18.5 Å². The summed E-state index contributed by atoms with van der Waals surface area (Å²) in [4.78, 5) is 18.3. The van der Waals surface area contributed by atoms with Crippen molar-refractivity contribution in [2.75, 3.05) is 7.11 Å². The topological polar surface area (TPSA) is 56.5 Å². The number of nitrogens with zero attached hydrogens (tertiary/aromatic N) is 3. The van der Waals surface area contributed by atoms with E-state index in [9.17, 15) is 4.79 Å². The molecule has 0 bridgehead atoms. The first-order chi connectivity index (χ1) is 6.35. The molecular weight excluding hydrogens is 170 g/mol. The number of imidazole rings is 1. The highest BCUT2D eigenvalue weighted by Crippen LogP contribution is 2.11. The third kappa shape index (κ3) is 1.14. The number of carbonyl (C=O) groups excluding carboxylic acids is 1. The fourth-order valence-corrected chi connectivity index (χ4v) is 1.11. The van der Waals surface area contributed by atoms with Crippen LogP contribution in [-0.4, -0.2) is 27.8 Å². The van der Waals surface area contributed by atoms with Crippen LogP contribution in [0.3, 0.4) is 0 Å². The predicted molar refractivity (Wildman–Crippen MR) is 44.9 cm³/mol. The Bertz CT molecular complexity index is 450. The molecule has 2 heterocycles. The van der Waals surface area contributed by atoms with Crippen molar-refractivity contribution in [1.29, 1.82) is 0 Å². The maximum Gasteiger partial charge on any atom is 0.237 e. The first kappa shape index (κ1) is 7.72. The Morgan fingerprint density at radius 2 is 2.46 bits per heavy atom. The second-order valence-electron chi connectivity index (χ2n) is 2.44. The molecule has 5 nitrogen and oxygen atoms in total. The zero-order chi connectivity index (χ0) is 9.26. The van der Waals surface area contributed by atoms with E-state index in [1.165, 1.54) is 0 Å². The highest BCUT2D eigenvalue weighted by Gasteiger charge is 2.04. The summed E-state index contributed by atoms with van der Waals surface area (Å²) in [6, 6.07) is 1.70. The lowest BCUT2D eigenvalue weighted by molar-refractivity contribution is 0.111. The molecule has 0 aliphatic rings. The van der Waals surface area contributed by atoms with Gasteiger partial charge in [0.25, 0.3) is 0 Å². The average molecular weight is 177 g/mol. The molecule has 0 saturated carbocycles. The summed E-state index contributed by atoms with van der Waals surface area (Å²) in [5, 5.41) is 0. The number of aromatic nitrogens is 3. The maximum atomic E-state index is 10.4. The van der Waals surface area contributed by atoms with Gasteiger partial charge in [-0.05, 0) is 0 Å². The molecule has 0 aromatic carbocycles. The van der Waals surface area contributed by atoms with Gasteiger partial charge in [-0.25, -0.2) is 9.97 Å². The van der Waals surface area contributed by atoms with Crippen molar-refractivity contribution in [3.63, 3.8) is 0 Å². The first-order valence-corrected chi connectivity index (χ1v) is 3.68. The average Bonchev–Trinajstić information content (AvgIpc) is 2.59. The van der Waals surface area contributed by atoms with E-state index in [4.69, 9.17) is 4.74 Å². The highest BCUT2D eigenvalue weighted by atomic mass is 16.5. The molecule has 0 aliphatic heterocycles. The largest absolute Gasteiger partial charge is 0.482 e. The van der Waals surface area contributed by atoms with Crippen molar-refractivity contribution in [2.24, 2.45) is 0 Å². The molecule has 0 amide bonds. The first-order valence-electron chi connectivity index (χ1n) is 3.68. The van der Waals surface area contributed by atoms with Gasteiger partial charge in [0.15, 0.2) is 6.29 Å². The minimum absolute atomic E-state index is 0.344. The molecule has 2 aromatic heterocycles. The van der Waals surface area contributed by atoms with E-state index >= 15 is 0 Å². The molecule has 0 atom stereocenters. The quantitative estimate of drug-likeness (QED) is 0.628. The smallest absolute Gasteiger partial charge is 0.237 e. The van der Waals surface area contributed by atoms with Crippen LogP contribution in [0, 0.1) is 0 Å². The van der Waals surface area contributed by atoms with Gasteiger partial charge in [-0.3, -0.25) is 9.20 Å². The molecule has 0 aliphatic carbocycles. The third-order valence-electron chi connectivity index (χ3n) is 1.68. The van der Waals surface area contributed by atoms with Crippen LogP contribution in [0.5, 0.6) is 5.88 Å². The zero-order valence-corrected chi connectivity index (χ0v) is 6.97. The van der Waals surface area contributed by atoms with Gasteiger partial charge in [-0.1, -0.05) is 0 Å². The van der Waals surface area contributed by atoms with Gasteiger partial charge < -0.3 is 4.74 Å². The van der Waals surface area contributed by atoms with Crippen LogP contribution in [-0.2, 0) is 0 Å². The fourth-order valence-electron chi connectivity index (χ4n) is 1.11. The SMILES string of the molecule is COc1ccnc2nc(C=O)cn12. The van der Waals surface area contributed by atoms with Crippen LogP contribution in [0.1, 0.15) is 10.5 Å². The molecule has 0 unspecified atom stereocenters. The predicted octanol–water partition coefficient (Wildman–Crippen LogP) is 0.550. The van der Waals surface area contributed by atoms with E-state index in [1.807, 2.05) is 0 Å². The molecular formula is C8H7N3O2. The standard InChI is InChI=1S/C8H7N3O2/c1-13-7-2-3-9-8-10-6(5-12)4-11(7)8/h2-5H,1H3. The Kier molecular flexibility index (Phi) is 1.70. The maximum absolute atomic E-state index is 10.4. The molecule has 0 N–H and O–H groups in total. The number of hydrogen-bond acceptors (Lipinski definition) is 4. The van der Waals surface area contributed by atoms with E-state index < -0.39 is 0 Å². The van der Waals surface area contributed by atoms with E-state index in [0.717, 1.165) is 0 Å². The lowest BCUT2D eigenvalue weighted by Crippen LogP contribution is -1.93. The van der Waals surface area contributed by atoms with E-state index in [1.54, 1.807) is 30.0 Å². The van der Waals surface area contributed by atoms with Gasteiger partial charge >= 0.3 is 0 Å². The number of methoxy groups -OCH3 is 1. The Hall–Kier alpha value is -1.91. The van der Waals surface area contributed by atoms with Gasteiger partial charge in [0.1, 0.15) is 5.69 Å². The number of fused-ring (bicyclic) bond motifs is 1. The Morgan fingerprint density at radius 1 is 1.62 bits per heavy atom. The number of hydrogen-bond donors (Lipinski definition) is 0.